The second-order valence-electron chi connectivity index (χ2n) is 4.35. The number of hydrogen-bond acceptors (Lipinski definition) is 3. The van der Waals surface area contributed by atoms with Crippen LogP contribution in [-0.2, 0) is 4.79 Å². The highest BCUT2D eigenvalue weighted by molar-refractivity contribution is 9.10. The van der Waals surface area contributed by atoms with Crippen molar-refractivity contribution in [3.63, 3.8) is 0 Å². The number of thioether (sulfide) groups is 1. The van der Waals surface area contributed by atoms with Crippen molar-refractivity contribution in [3.05, 3.63) is 64.1 Å². The minimum atomic E-state index is -0.736. The summed E-state index contributed by atoms with van der Waals surface area (Å²) in [7, 11) is 0. The van der Waals surface area contributed by atoms with E-state index in [0.717, 1.165) is 23.9 Å². The normalized spacial score (nSPS) is 10.2. The van der Waals surface area contributed by atoms with Gasteiger partial charge in [0, 0.05) is 15.4 Å². The number of hydrogen-bond donors (Lipinski definition) is 2. The summed E-state index contributed by atoms with van der Waals surface area (Å²) in [6, 6.07) is 9.84. The van der Waals surface area contributed by atoms with Gasteiger partial charge in [-0.15, -0.1) is 11.8 Å². The van der Waals surface area contributed by atoms with Gasteiger partial charge in [0.25, 0.3) is 5.91 Å². The van der Waals surface area contributed by atoms with Gasteiger partial charge in [0.05, 0.1) is 11.3 Å². The standard InChI is InChI=1S/C15H11BrF2N2O2S/c16-11-4-2-1-3-10(11)15(22)20-19-14(21)8-23-13-6-5-9(17)7-12(13)18/h1-7H,8H2,(H,19,21)(H,20,22). The number of benzene rings is 2. The van der Waals surface area contributed by atoms with Crippen LogP contribution >= 0.6 is 27.7 Å². The molecular formula is C15H11BrF2N2O2S. The van der Waals surface area contributed by atoms with Crippen molar-refractivity contribution in [2.75, 3.05) is 5.75 Å². The molecule has 0 aromatic heterocycles. The Bertz CT molecular complexity index is 743. The summed E-state index contributed by atoms with van der Waals surface area (Å²) in [5.41, 5.74) is 4.86. The fraction of sp³-hybridized carbons (Fsp3) is 0.0667. The van der Waals surface area contributed by atoms with Crippen LogP contribution in [0.4, 0.5) is 8.78 Å². The van der Waals surface area contributed by atoms with Gasteiger partial charge >= 0.3 is 0 Å². The summed E-state index contributed by atoms with van der Waals surface area (Å²) in [4.78, 5) is 23.7. The first-order valence-corrected chi connectivity index (χ1v) is 8.17. The Morgan fingerprint density at radius 2 is 1.83 bits per heavy atom. The second-order valence-corrected chi connectivity index (χ2v) is 6.22. The summed E-state index contributed by atoms with van der Waals surface area (Å²) in [6.07, 6.45) is 0. The maximum absolute atomic E-state index is 13.4. The van der Waals surface area contributed by atoms with E-state index in [4.69, 9.17) is 0 Å². The summed E-state index contributed by atoms with van der Waals surface area (Å²) in [5.74, 6) is -2.54. The van der Waals surface area contributed by atoms with Crippen LogP contribution in [0.5, 0.6) is 0 Å². The number of amides is 2. The van der Waals surface area contributed by atoms with Crippen molar-refractivity contribution >= 4 is 39.5 Å². The van der Waals surface area contributed by atoms with Crippen molar-refractivity contribution in [1.29, 1.82) is 0 Å². The predicted octanol–water partition coefficient (Wildman–Crippen LogP) is 3.28. The molecule has 2 aromatic carbocycles. The molecule has 0 saturated carbocycles. The third-order valence-corrected chi connectivity index (χ3v) is 4.43. The molecular weight excluding hydrogens is 390 g/mol. The number of hydrazine groups is 1. The Hall–Kier alpha value is -1.93. The van der Waals surface area contributed by atoms with Crippen LogP contribution in [0.15, 0.2) is 51.8 Å². The van der Waals surface area contributed by atoms with E-state index < -0.39 is 23.4 Å². The van der Waals surface area contributed by atoms with Crippen LogP contribution in [0.2, 0.25) is 0 Å². The molecule has 4 nitrogen and oxygen atoms in total. The van der Waals surface area contributed by atoms with Crippen LogP contribution in [-0.4, -0.2) is 17.6 Å². The van der Waals surface area contributed by atoms with E-state index >= 15 is 0 Å². The van der Waals surface area contributed by atoms with E-state index in [2.05, 4.69) is 26.8 Å². The Balaban J connectivity index is 1.83. The van der Waals surface area contributed by atoms with E-state index in [1.165, 1.54) is 6.07 Å². The lowest BCUT2D eigenvalue weighted by Gasteiger charge is -2.08. The van der Waals surface area contributed by atoms with Crippen LogP contribution in [0.1, 0.15) is 10.4 Å². The SMILES string of the molecule is O=C(CSc1ccc(F)cc1F)NNC(=O)c1ccccc1Br. The van der Waals surface area contributed by atoms with E-state index in [1.54, 1.807) is 24.3 Å². The van der Waals surface area contributed by atoms with Crippen LogP contribution in [0.3, 0.4) is 0 Å². The average Bonchev–Trinajstić information content (AvgIpc) is 2.52. The third kappa shape index (κ3) is 5.04. The van der Waals surface area contributed by atoms with Gasteiger partial charge in [-0.2, -0.15) is 0 Å². The number of carbonyl (C=O) groups excluding carboxylic acids is 2. The molecule has 0 bridgehead atoms. The van der Waals surface area contributed by atoms with E-state index in [-0.39, 0.29) is 10.6 Å². The lowest BCUT2D eigenvalue weighted by atomic mass is 10.2. The zero-order valence-corrected chi connectivity index (χ0v) is 14.0. The molecule has 2 rings (SSSR count). The van der Waals surface area contributed by atoms with Gasteiger partial charge < -0.3 is 0 Å². The van der Waals surface area contributed by atoms with Crippen molar-refractivity contribution in [2.45, 2.75) is 4.90 Å². The Labute approximate surface area is 143 Å². The number of nitrogens with one attached hydrogen (secondary N) is 2. The minimum Gasteiger partial charge on any atom is -0.272 e. The maximum atomic E-state index is 13.4. The average molecular weight is 401 g/mol. The molecule has 0 aliphatic rings. The fourth-order valence-electron chi connectivity index (χ4n) is 1.61. The molecule has 0 unspecified atom stereocenters. The molecule has 120 valence electrons. The summed E-state index contributed by atoms with van der Waals surface area (Å²) >= 11 is 4.13. The van der Waals surface area contributed by atoms with Gasteiger partial charge in [0.15, 0.2) is 0 Å². The molecule has 2 amide bonds. The molecule has 2 aromatic rings. The molecule has 0 aliphatic heterocycles. The second kappa shape index (κ2) is 8.07. The molecule has 0 saturated heterocycles. The highest BCUT2D eigenvalue weighted by Crippen LogP contribution is 2.22. The highest BCUT2D eigenvalue weighted by atomic mass is 79.9. The third-order valence-electron chi connectivity index (χ3n) is 2.69. The summed E-state index contributed by atoms with van der Waals surface area (Å²) < 4.78 is 26.8. The first kappa shape index (κ1) is 17.4. The fourth-order valence-corrected chi connectivity index (χ4v) is 2.80. The van der Waals surface area contributed by atoms with Gasteiger partial charge in [-0.05, 0) is 40.2 Å². The van der Waals surface area contributed by atoms with E-state index in [1.807, 2.05) is 0 Å². The van der Waals surface area contributed by atoms with E-state index in [0.29, 0.717) is 10.0 Å². The van der Waals surface area contributed by atoms with Gasteiger partial charge in [-0.3, -0.25) is 20.4 Å². The first-order valence-electron chi connectivity index (χ1n) is 6.39. The molecule has 0 aliphatic carbocycles. The number of carbonyl (C=O) groups is 2. The quantitative estimate of drug-likeness (QED) is 0.611. The molecule has 0 spiro atoms. The molecule has 0 atom stereocenters. The van der Waals surface area contributed by atoms with Crippen LogP contribution < -0.4 is 10.9 Å². The molecule has 0 radical (unpaired) electrons. The molecule has 23 heavy (non-hydrogen) atoms. The summed E-state index contributed by atoms with van der Waals surface area (Å²) in [6.45, 7) is 0. The minimum absolute atomic E-state index is 0.126. The lowest BCUT2D eigenvalue weighted by Crippen LogP contribution is -2.42. The predicted molar refractivity (Wildman–Crippen MR) is 86.8 cm³/mol. The van der Waals surface area contributed by atoms with Crippen molar-refractivity contribution in [1.82, 2.24) is 10.9 Å². The van der Waals surface area contributed by atoms with Crippen molar-refractivity contribution in [2.24, 2.45) is 0 Å². The van der Waals surface area contributed by atoms with Crippen molar-refractivity contribution in [3.8, 4) is 0 Å². The van der Waals surface area contributed by atoms with Crippen LogP contribution in [0, 0.1) is 11.6 Å². The molecule has 2 N–H and O–H groups in total. The molecule has 0 heterocycles. The maximum Gasteiger partial charge on any atom is 0.270 e. The van der Waals surface area contributed by atoms with Gasteiger partial charge in [0.2, 0.25) is 5.91 Å². The topological polar surface area (TPSA) is 58.2 Å². The Kier molecular flexibility index (Phi) is 6.12. The smallest absolute Gasteiger partial charge is 0.270 e. The molecule has 8 heteroatoms. The number of halogens is 3. The van der Waals surface area contributed by atoms with Gasteiger partial charge in [0.1, 0.15) is 11.6 Å². The largest absolute Gasteiger partial charge is 0.272 e. The zero-order valence-electron chi connectivity index (χ0n) is 11.6. The van der Waals surface area contributed by atoms with Crippen LogP contribution in [0.25, 0.3) is 0 Å². The lowest BCUT2D eigenvalue weighted by molar-refractivity contribution is -0.119. The summed E-state index contributed by atoms with van der Waals surface area (Å²) in [5, 5.41) is 0. The first-order chi connectivity index (χ1) is 11.0. The molecule has 0 fully saturated rings. The monoisotopic (exact) mass is 400 g/mol. The zero-order chi connectivity index (χ0) is 16.8. The Morgan fingerprint density at radius 3 is 2.52 bits per heavy atom. The Morgan fingerprint density at radius 1 is 1.09 bits per heavy atom. The highest BCUT2D eigenvalue weighted by Gasteiger charge is 2.11. The van der Waals surface area contributed by atoms with Gasteiger partial charge in [-0.25, -0.2) is 8.78 Å². The van der Waals surface area contributed by atoms with E-state index in [9.17, 15) is 18.4 Å². The number of rotatable bonds is 4. The van der Waals surface area contributed by atoms with Crippen molar-refractivity contribution < 1.29 is 18.4 Å². The van der Waals surface area contributed by atoms with Gasteiger partial charge in [-0.1, -0.05) is 12.1 Å².